The van der Waals surface area contributed by atoms with Crippen LogP contribution in [0.2, 0.25) is 0 Å². The van der Waals surface area contributed by atoms with Crippen LogP contribution in [0.15, 0.2) is 0 Å². The van der Waals surface area contributed by atoms with E-state index in [-0.39, 0.29) is 5.91 Å². The summed E-state index contributed by atoms with van der Waals surface area (Å²) in [6.45, 7) is 4.72. The number of carbonyl (C=O) groups excluding carboxylic acids is 1. The van der Waals surface area contributed by atoms with Gasteiger partial charge in [0.2, 0.25) is 5.91 Å². The first-order valence-corrected chi connectivity index (χ1v) is 6.19. The van der Waals surface area contributed by atoms with Crippen molar-refractivity contribution in [3.8, 4) is 0 Å². The first-order valence-electron chi connectivity index (χ1n) is 6.19. The van der Waals surface area contributed by atoms with Gasteiger partial charge in [-0.15, -0.1) is 0 Å². The molecule has 0 aromatic rings. The Morgan fingerprint density at radius 1 is 1.40 bits per heavy atom. The molecule has 1 amide bonds. The van der Waals surface area contributed by atoms with Crippen LogP contribution in [0.1, 0.15) is 52.4 Å². The molecule has 0 unspecified atom stereocenters. The lowest BCUT2D eigenvalue weighted by Gasteiger charge is -2.25. The molecule has 1 saturated carbocycles. The van der Waals surface area contributed by atoms with Crippen LogP contribution in [0.4, 0.5) is 0 Å². The summed E-state index contributed by atoms with van der Waals surface area (Å²) in [6.07, 6.45) is 6.54. The molecule has 3 nitrogen and oxygen atoms in total. The van der Waals surface area contributed by atoms with Gasteiger partial charge in [-0.25, -0.2) is 0 Å². The minimum atomic E-state index is -0.653. The monoisotopic (exact) mass is 212 g/mol. The third-order valence-electron chi connectivity index (χ3n) is 3.49. The van der Waals surface area contributed by atoms with Crippen LogP contribution in [0.25, 0.3) is 0 Å². The Balaban J connectivity index is 2.15. The Morgan fingerprint density at radius 2 is 2.00 bits per heavy atom. The SMILES string of the molecule is CCC(N)(CC)C(=O)NCCCC1CC1. The summed E-state index contributed by atoms with van der Waals surface area (Å²) >= 11 is 0. The van der Waals surface area contributed by atoms with Crippen molar-refractivity contribution in [3.05, 3.63) is 0 Å². The summed E-state index contributed by atoms with van der Waals surface area (Å²) < 4.78 is 0. The minimum absolute atomic E-state index is 0.0169. The van der Waals surface area contributed by atoms with E-state index in [4.69, 9.17) is 5.73 Å². The Labute approximate surface area is 92.8 Å². The van der Waals surface area contributed by atoms with Crippen LogP contribution in [0.3, 0.4) is 0 Å². The van der Waals surface area contributed by atoms with Gasteiger partial charge in [0.15, 0.2) is 0 Å². The van der Waals surface area contributed by atoms with Crippen LogP contribution >= 0.6 is 0 Å². The quantitative estimate of drug-likeness (QED) is 0.632. The van der Waals surface area contributed by atoms with Crippen molar-refractivity contribution in [3.63, 3.8) is 0 Å². The third kappa shape index (κ3) is 3.82. The fourth-order valence-electron chi connectivity index (χ4n) is 1.75. The predicted molar refractivity (Wildman–Crippen MR) is 62.5 cm³/mol. The Bertz CT molecular complexity index is 208. The van der Waals surface area contributed by atoms with Crippen molar-refractivity contribution in [2.45, 2.75) is 57.9 Å². The number of hydrogen-bond acceptors (Lipinski definition) is 2. The fraction of sp³-hybridized carbons (Fsp3) is 0.917. The van der Waals surface area contributed by atoms with E-state index in [2.05, 4.69) is 5.32 Å². The van der Waals surface area contributed by atoms with Crippen LogP contribution < -0.4 is 11.1 Å². The molecule has 0 aliphatic heterocycles. The van der Waals surface area contributed by atoms with Gasteiger partial charge in [0.05, 0.1) is 5.54 Å². The Hall–Kier alpha value is -0.570. The van der Waals surface area contributed by atoms with Crippen LogP contribution in [0, 0.1) is 5.92 Å². The predicted octanol–water partition coefficient (Wildman–Crippen LogP) is 1.81. The molecule has 3 heteroatoms. The highest BCUT2D eigenvalue weighted by molar-refractivity contribution is 5.85. The lowest BCUT2D eigenvalue weighted by molar-refractivity contribution is -0.126. The van der Waals surface area contributed by atoms with E-state index in [1.807, 2.05) is 13.8 Å². The normalized spacial score (nSPS) is 16.5. The molecule has 0 bridgehead atoms. The summed E-state index contributed by atoms with van der Waals surface area (Å²) in [6, 6.07) is 0. The van der Waals surface area contributed by atoms with Gasteiger partial charge in [-0.2, -0.15) is 0 Å². The molecule has 0 atom stereocenters. The Kier molecular flexibility index (Phi) is 4.58. The molecule has 0 aromatic carbocycles. The largest absolute Gasteiger partial charge is 0.355 e. The van der Waals surface area contributed by atoms with E-state index < -0.39 is 5.54 Å². The molecule has 1 fully saturated rings. The van der Waals surface area contributed by atoms with Gasteiger partial charge in [0.1, 0.15) is 0 Å². The lowest BCUT2D eigenvalue weighted by atomic mass is 9.93. The summed E-state index contributed by atoms with van der Waals surface area (Å²) in [5.74, 6) is 0.963. The second-order valence-corrected chi connectivity index (χ2v) is 4.70. The maximum atomic E-state index is 11.8. The first-order chi connectivity index (χ1) is 7.12. The summed E-state index contributed by atoms with van der Waals surface area (Å²) in [4.78, 5) is 11.8. The summed E-state index contributed by atoms with van der Waals surface area (Å²) in [5.41, 5.74) is 5.33. The molecule has 0 spiro atoms. The number of hydrogen-bond donors (Lipinski definition) is 2. The zero-order valence-corrected chi connectivity index (χ0v) is 10.0. The average molecular weight is 212 g/mol. The van der Waals surface area contributed by atoms with Crippen molar-refractivity contribution in [2.24, 2.45) is 11.7 Å². The molecule has 1 rings (SSSR count). The zero-order chi connectivity index (χ0) is 11.3. The minimum Gasteiger partial charge on any atom is -0.355 e. The fourth-order valence-corrected chi connectivity index (χ4v) is 1.75. The number of carbonyl (C=O) groups is 1. The number of amides is 1. The molecule has 0 radical (unpaired) electrons. The van der Waals surface area contributed by atoms with Crippen molar-refractivity contribution < 1.29 is 4.79 Å². The van der Waals surface area contributed by atoms with E-state index in [1.165, 1.54) is 19.3 Å². The average Bonchev–Trinajstić information content (AvgIpc) is 3.06. The van der Waals surface area contributed by atoms with Crippen LogP contribution in [0.5, 0.6) is 0 Å². The molecular formula is C12H24N2O. The first kappa shape index (κ1) is 12.5. The van der Waals surface area contributed by atoms with Crippen molar-refractivity contribution in [1.29, 1.82) is 0 Å². The molecule has 88 valence electrons. The van der Waals surface area contributed by atoms with Gasteiger partial charge in [-0.05, 0) is 31.6 Å². The third-order valence-corrected chi connectivity index (χ3v) is 3.49. The molecule has 1 aliphatic carbocycles. The summed E-state index contributed by atoms with van der Waals surface area (Å²) in [7, 11) is 0. The Morgan fingerprint density at radius 3 is 2.47 bits per heavy atom. The van der Waals surface area contributed by atoms with Gasteiger partial charge >= 0.3 is 0 Å². The standard InChI is InChI=1S/C12H24N2O/c1-3-12(13,4-2)11(15)14-9-5-6-10-7-8-10/h10H,3-9,13H2,1-2H3,(H,14,15). The van der Waals surface area contributed by atoms with Gasteiger partial charge < -0.3 is 11.1 Å². The van der Waals surface area contributed by atoms with Gasteiger partial charge in [-0.3, -0.25) is 4.79 Å². The number of nitrogens with two attached hydrogens (primary N) is 1. The van der Waals surface area contributed by atoms with Crippen molar-refractivity contribution >= 4 is 5.91 Å². The lowest BCUT2D eigenvalue weighted by Crippen LogP contribution is -2.53. The second kappa shape index (κ2) is 5.50. The molecule has 0 aromatic heterocycles. The van der Waals surface area contributed by atoms with E-state index in [1.54, 1.807) is 0 Å². The van der Waals surface area contributed by atoms with Gasteiger partial charge in [-0.1, -0.05) is 26.7 Å². The molecule has 3 N–H and O–H groups in total. The molecule has 0 saturated heterocycles. The highest BCUT2D eigenvalue weighted by atomic mass is 16.2. The van der Waals surface area contributed by atoms with Crippen molar-refractivity contribution in [2.75, 3.05) is 6.54 Å². The van der Waals surface area contributed by atoms with Gasteiger partial charge in [0, 0.05) is 6.54 Å². The number of nitrogens with one attached hydrogen (secondary N) is 1. The van der Waals surface area contributed by atoms with E-state index >= 15 is 0 Å². The highest BCUT2D eigenvalue weighted by Gasteiger charge is 2.29. The van der Waals surface area contributed by atoms with Crippen molar-refractivity contribution in [1.82, 2.24) is 5.32 Å². The maximum absolute atomic E-state index is 11.8. The van der Waals surface area contributed by atoms with Crippen LogP contribution in [-0.2, 0) is 4.79 Å². The zero-order valence-electron chi connectivity index (χ0n) is 10.0. The molecule has 15 heavy (non-hydrogen) atoms. The number of rotatable bonds is 7. The molecule has 0 heterocycles. The molecular weight excluding hydrogens is 188 g/mol. The van der Waals surface area contributed by atoms with Gasteiger partial charge in [0.25, 0.3) is 0 Å². The van der Waals surface area contributed by atoms with E-state index in [0.717, 1.165) is 18.9 Å². The highest BCUT2D eigenvalue weighted by Crippen LogP contribution is 2.33. The van der Waals surface area contributed by atoms with Crippen LogP contribution in [-0.4, -0.2) is 18.0 Å². The smallest absolute Gasteiger partial charge is 0.240 e. The summed E-state index contributed by atoms with van der Waals surface area (Å²) in [5, 5.41) is 2.94. The van der Waals surface area contributed by atoms with E-state index in [0.29, 0.717) is 12.8 Å². The van der Waals surface area contributed by atoms with E-state index in [9.17, 15) is 4.79 Å². The second-order valence-electron chi connectivity index (χ2n) is 4.70. The maximum Gasteiger partial charge on any atom is 0.240 e. The topological polar surface area (TPSA) is 55.1 Å². The molecule has 1 aliphatic rings.